The molecular weight excluding hydrogens is 354 g/mol. The Morgan fingerprint density at radius 2 is 1.61 bits per heavy atom. The molecular formula is C22H27N3O3+. The van der Waals surface area contributed by atoms with Gasteiger partial charge in [0.1, 0.15) is 5.69 Å². The van der Waals surface area contributed by atoms with Crippen molar-refractivity contribution in [3.63, 3.8) is 0 Å². The minimum Gasteiger partial charge on any atom is -0.420 e. The fraction of sp³-hybridized carbons (Fsp3) is 0.364. The third-order valence-electron chi connectivity index (χ3n) is 5.19. The van der Waals surface area contributed by atoms with Gasteiger partial charge in [-0.1, -0.05) is 6.07 Å². The van der Waals surface area contributed by atoms with Crippen LogP contribution in [0.5, 0.6) is 0 Å². The molecule has 28 heavy (non-hydrogen) atoms. The maximum absolute atomic E-state index is 12.3. The molecule has 6 heteroatoms. The van der Waals surface area contributed by atoms with Gasteiger partial charge in [-0.25, -0.2) is 0 Å². The molecule has 0 aromatic heterocycles. The van der Waals surface area contributed by atoms with Crippen molar-refractivity contribution >= 4 is 29.4 Å². The Morgan fingerprint density at radius 1 is 1.00 bits per heavy atom. The number of carbonyl (C=O) groups excluding carboxylic acids is 2. The summed E-state index contributed by atoms with van der Waals surface area (Å²) in [5.41, 5.74) is 3.70. The van der Waals surface area contributed by atoms with Crippen LogP contribution in [0.4, 0.5) is 21.9 Å². The summed E-state index contributed by atoms with van der Waals surface area (Å²) in [5, 5.41) is 0. The highest BCUT2D eigenvalue weighted by atomic mass is 16.6. The van der Waals surface area contributed by atoms with Crippen molar-refractivity contribution < 1.29 is 14.3 Å². The first-order valence-corrected chi connectivity index (χ1v) is 9.55. The number of benzene rings is 2. The van der Waals surface area contributed by atoms with Crippen LogP contribution in [0.1, 0.15) is 12.5 Å². The number of hydrogen-bond donors (Lipinski definition) is 0. The highest BCUT2D eigenvalue weighted by Crippen LogP contribution is 2.27. The second-order valence-electron chi connectivity index (χ2n) is 7.30. The summed E-state index contributed by atoms with van der Waals surface area (Å²) >= 11 is 0. The molecule has 1 amide bonds. The van der Waals surface area contributed by atoms with Crippen molar-refractivity contribution in [1.82, 2.24) is 4.48 Å². The molecule has 2 aromatic carbocycles. The lowest BCUT2D eigenvalue weighted by Gasteiger charge is -2.37. The second kappa shape index (κ2) is 8.44. The standard InChI is InChI=1S/C22H27N3O3/c1-4-28-22(27)25(2,3)21-7-5-6-20(16-21)24-14-12-23(13-15-24)19-10-8-18(17-26)9-11-19/h5-11,16H,4,12-15H2,1-3H3/q+1. The molecule has 0 unspecified atom stereocenters. The lowest BCUT2D eigenvalue weighted by Crippen LogP contribution is -2.48. The lowest BCUT2D eigenvalue weighted by molar-refractivity contribution is 0.124. The maximum Gasteiger partial charge on any atom is 0.520 e. The molecule has 3 rings (SSSR count). The van der Waals surface area contributed by atoms with E-state index in [0.717, 1.165) is 43.2 Å². The molecule has 0 atom stereocenters. The Hall–Kier alpha value is -2.86. The van der Waals surface area contributed by atoms with Crippen molar-refractivity contribution in [3.05, 3.63) is 54.1 Å². The van der Waals surface area contributed by atoms with E-state index in [1.165, 1.54) is 0 Å². The first-order chi connectivity index (χ1) is 13.5. The van der Waals surface area contributed by atoms with Crippen LogP contribution in [-0.2, 0) is 9.53 Å². The zero-order valence-electron chi connectivity index (χ0n) is 16.7. The maximum atomic E-state index is 12.3. The number of anilines is 2. The van der Waals surface area contributed by atoms with E-state index < -0.39 is 0 Å². The zero-order valence-corrected chi connectivity index (χ0v) is 16.7. The van der Waals surface area contributed by atoms with E-state index in [1.54, 1.807) is 12.1 Å². The quantitative estimate of drug-likeness (QED) is 0.745. The minimum atomic E-state index is -0.263. The summed E-state index contributed by atoms with van der Waals surface area (Å²) in [6, 6.07) is 15.6. The number of ether oxygens (including phenoxy) is 1. The van der Waals surface area contributed by atoms with Crippen LogP contribution in [0.15, 0.2) is 48.5 Å². The summed E-state index contributed by atoms with van der Waals surface area (Å²) in [5.74, 6) is 0. The predicted octanol–water partition coefficient (Wildman–Crippen LogP) is 3.19. The fourth-order valence-corrected chi connectivity index (χ4v) is 3.39. The Kier molecular flexibility index (Phi) is 5.99. The number of rotatable bonds is 5. The average molecular weight is 381 g/mol. The lowest BCUT2D eigenvalue weighted by atomic mass is 10.1. The molecule has 147 valence electrons. The number of piperazine rings is 1. The van der Waals surface area contributed by atoms with Crippen molar-refractivity contribution in [3.8, 4) is 0 Å². The zero-order chi connectivity index (χ0) is 20.1. The van der Waals surface area contributed by atoms with Gasteiger partial charge in [-0.2, -0.15) is 9.28 Å². The van der Waals surface area contributed by atoms with Crippen LogP contribution in [0.3, 0.4) is 0 Å². The number of amides is 1. The molecule has 1 saturated heterocycles. The Bertz CT molecular complexity index is 825. The first kappa shape index (κ1) is 19.9. The van der Waals surface area contributed by atoms with Gasteiger partial charge in [-0.05, 0) is 43.3 Å². The van der Waals surface area contributed by atoms with Crippen LogP contribution in [0.2, 0.25) is 0 Å². The molecule has 1 heterocycles. The Balaban J connectivity index is 1.69. The third kappa shape index (κ3) is 4.17. The molecule has 1 aliphatic heterocycles. The van der Waals surface area contributed by atoms with Gasteiger partial charge in [0.15, 0.2) is 0 Å². The number of quaternary nitrogens is 1. The number of carbonyl (C=O) groups is 1. The molecule has 1 fully saturated rings. The van der Waals surface area contributed by atoms with Crippen LogP contribution < -0.4 is 14.3 Å². The van der Waals surface area contributed by atoms with E-state index in [4.69, 9.17) is 4.74 Å². The highest BCUT2D eigenvalue weighted by molar-refractivity contribution is 5.82. The molecule has 2 aromatic rings. The topological polar surface area (TPSA) is 49.9 Å². The molecule has 0 saturated carbocycles. The van der Waals surface area contributed by atoms with Crippen molar-refractivity contribution in [1.29, 1.82) is 0 Å². The monoisotopic (exact) mass is 381 g/mol. The van der Waals surface area contributed by atoms with E-state index in [1.807, 2.05) is 51.6 Å². The third-order valence-corrected chi connectivity index (χ3v) is 5.19. The first-order valence-electron chi connectivity index (χ1n) is 9.55. The number of hydrogen-bond acceptors (Lipinski definition) is 5. The predicted molar refractivity (Wildman–Crippen MR) is 113 cm³/mol. The van der Waals surface area contributed by atoms with Gasteiger partial charge in [-0.15, -0.1) is 0 Å². The minimum absolute atomic E-state index is 0.0573. The van der Waals surface area contributed by atoms with Crippen LogP contribution in [0.25, 0.3) is 0 Å². The van der Waals surface area contributed by atoms with Gasteiger partial charge in [0.25, 0.3) is 0 Å². The summed E-state index contributed by atoms with van der Waals surface area (Å²) in [6.45, 7) is 5.75. The van der Waals surface area contributed by atoms with Gasteiger partial charge in [0.2, 0.25) is 6.29 Å². The summed E-state index contributed by atoms with van der Waals surface area (Å²) in [6.07, 6.45) is 1.64. The van der Waals surface area contributed by atoms with Gasteiger partial charge >= 0.3 is 6.09 Å². The molecule has 0 aliphatic carbocycles. The SMILES string of the molecule is CCOC(=O)[N+](C)(C)c1cccc(N2CCN(c3ccc([C]=O)cc3)CC2)c1. The highest BCUT2D eigenvalue weighted by Gasteiger charge is 2.32. The van der Waals surface area contributed by atoms with Crippen molar-refractivity contribution in [2.24, 2.45) is 0 Å². The summed E-state index contributed by atoms with van der Waals surface area (Å²) < 4.78 is 5.27. The van der Waals surface area contributed by atoms with Gasteiger partial charge in [0.05, 0.1) is 20.7 Å². The fourth-order valence-electron chi connectivity index (χ4n) is 3.39. The Morgan fingerprint density at radius 3 is 2.18 bits per heavy atom. The molecule has 0 bridgehead atoms. The smallest absolute Gasteiger partial charge is 0.420 e. The summed E-state index contributed by atoms with van der Waals surface area (Å²) in [4.78, 5) is 27.6. The van der Waals surface area contributed by atoms with E-state index in [2.05, 4.69) is 21.9 Å². The van der Waals surface area contributed by atoms with E-state index in [-0.39, 0.29) is 10.6 Å². The van der Waals surface area contributed by atoms with Crippen molar-refractivity contribution in [2.45, 2.75) is 6.92 Å². The van der Waals surface area contributed by atoms with E-state index in [9.17, 15) is 9.59 Å². The van der Waals surface area contributed by atoms with Gasteiger partial charge in [0, 0.05) is 49.2 Å². The van der Waals surface area contributed by atoms with Gasteiger partial charge < -0.3 is 14.5 Å². The Labute approximate surface area is 166 Å². The van der Waals surface area contributed by atoms with Gasteiger partial charge in [-0.3, -0.25) is 4.79 Å². The molecule has 0 N–H and O–H groups in total. The van der Waals surface area contributed by atoms with Crippen LogP contribution in [0, 0.1) is 0 Å². The average Bonchev–Trinajstić information content (AvgIpc) is 2.74. The summed E-state index contributed by atoms with van der Waals surface area (Å²) in [7, 11) is 3.69. The number of nitrogens with zero attached hydrogens (tertiary/aromatic N) is 3. The van der Waals surface area contributed by atoms with Crippen LogP contribution in [-0.4, -0.2) is 59.3 Å². The second-order valence-corrected chi connectivity index (χ2v) is 7.30. The van der Waals surface area contributed by atoms with E-state index >= 15 is 0 Å². The molecule has 6 nitrogen and oxygen atoms in total. The molecule has 0 spiro atoms. The molecule has 1 aliphatic rings. The van der Waals surface area contributed by atoms with Crippen molar-refractivity contribution in [2.75, 3.05) is 56.7 Å². The van der Waals surface area contributed by atoms with Crippen LogP contribution >= 0.6 is 0 Å². The van der Waals surface area contributed by atoms with E-state index in [0.29, 0.717) is 12.2 Å². The normalized spacial score (nSPS) is 14.7. The largest absolute Gasteiger partial charge is 0.520 e. The molecule has 1 radical (unpaired) electrons.